The molecule has 1 aliphatic carbocycles. The second-order valence-electron chi connectivity index (χ2n) is 9.41. The molecule has 3 aliphatic rings. The number of primary amides is 1. The zero-order valence-corrected chi connectivity index (χ0v) is 20.8. The summed E-state index contributed by atoms with van der Waals surface area (Å²) in [6, 6.07) is 6.69. The monoisotopic (exact) mass is 526 g/mol. The van der Waals surface area contributed by atoms with Gasteiger partial charge in [-0.3, -0.25) is 9.36 Å². The molecule has 12 heteroatoms. The molecule has 2 aromatic heterocycles. The lowest BCUT2D eigenvalue weighted by molar-refractivity contribution is -0.131. The Balaban J connectivity index is 1.32. The predicted molar refractivity (Wildman–Crippen MR) is 135 cm³/mol. The number of hydrogen-bond acceptors (Lipinski definition) is 6. The fraction of sp³-hybridized carbons (Fsp3) is 0.375. The molecule has 186 valence electrons. The minimum atomic E-state index is -0.507. The summed E-state index contributed by atoms with van der Waals surface area (Å²) in [5.74, 6) is 2.16. The highest BCUT2D eigenvalue weighted by atomic mass is 35.5. The molecule has 0 radical (unpaired) electrons. The number of imidazole rings is 1. The summed E-state index contributed by atoms with van der Waals surface area (Å²) in [5, 5.41) is 4.25. The molecule has 1 aromatic carbocycles. The van der Waals surface area contributed by atoms with Gasteiger partial charge in [0.15, 0.2) is 0 Å². The lowest BCUT2D eigenvalue weighted by atomic mass is 10.2. The van der Waals surface area contributed by atoms with Gasteiger partial charge in [-0.25, -0.2) is 14.8 Å². The van der Waals surface area contributed by atoms with Gasteiger partial charge in [0.2, 0.25) is 11.9 Å². The molecule has 0 bridgehead atoms. The fourth-order valence-corrected chi connectivity index (χ4v) is 5.13. The third-order valence-corrected chi connectivity index (χ3v) is 7.60. The van der Waals surface area contributed by atoms with Gasteiger partial charge in [-0.15, -0.1) is 0 Å². The summed E-state index contributed by atoms with van der Waals surface area (Å²) in [6.45, 7) is 2.01. The van der Waals surface area contributed by atoms with Crippen LogP contribution in [0, 0.1) is 5.92 Å². The lowest BCUT2D eigenvalue weighted by Crippen LogP contribution is -2.32. The van der Waals surface area contributed by atoms with Crippen molar-refractivity contribution in [2.75, 3.05) is 18.4 Å². The maximum absolute atomic E-state index is 12.4. The number of hydrogen-bond donors (Lipinski definition) is 2. The van der Waals surface area contributed by atoms with E-state index < -0.39 is 6.03 Å². The van der Waals surface area contributed by atoms with Crippen LogP contribution in [0.1, 0.15) is 30.7 Å². The van der Waals surface area contributed by atoms with Gasteiger partial charge in [0.1, 0.15) is 11.6 Å². The molecule has 0 spiro atoms. The van der Waals surface area contributed by atoms with Crippen molar-refractivity contribution in [3.8, 4) is 17.2 Å². The Morgan fingerprint density at radius 2 is 1.86 bits per heavy atom. The molecule has 4 heterocycles. The number of nitrogens with zero attached hydrogens (tertiary/aromatic N) is 6. The van der Waals surface area contributed by atoms with Crippen LogP contribution in [0.25, 0.3) is 17.2 Å². The number of benzene rings is 1. The van der Waals surface area contributed by atoms with E-state index in [2.05, 4.69) is 10.3 Å². The van der Waals surface area contributed by atoms with Crippen LogP contribution in [0.3, 0.4) is 0 Å². The van der Waals surface area contributed by atoms with E-state index in [1.807, 2.05) is 15.5 Å². The number of amides is 3. The molecular formula is C24H24Cl2N8O2. The average molecular weight is 527 g/mol. The summed E-state index contributed by atoms with van der Waals surface area (Å²) in [7, 11) is 0. The maximum atomic E-state index is 12.4. The summed E-state index contributed by atoms with van der Waals surface area (Å²) in [5.41, 5.74) is 7.87. The number of likely N-dealkylation sites (tertiary alicyclic amines) is 1. The zero-order valence-electron chi connectivity index (χ0n) is 19.3. The van der Waals surface area contributed by atoms with E-state index in [1.54, 1.807) is 24.4 Å². The summed E-state index contributed by atoms with van der Waals surface area (Å²) in [6.07, 6.45) is 4.53. The Morgan fingerprint density at radius 3 is 2.61 bits per heavy atom. The van der Waals surface area contributed by atoms with Crippen LogP contribution in [-0.2, 0) is 17.9 Å². The van der Waals surface area contributed by atoms with Crippen molar-refractivity contribution >= 4 is 41.1 Å². The smallest absolute Gasteiger partial charge is 0.315 e. The molecule has 1 unspecified atom stereocenters. The van der Waals surface area contributed by atoms with Crippen molar-refractivity contribution < 1.29 is 9.59 Å². The van der Waals surface area contributed by atoms with Gasteiger partial charge in [-0.05, 0) is 43.5 Å². The minimum absolute atomic E-state index is 0.0800. The highest BCUT2D eigenvalue weighted by molar-refractivity contribution is 6.42. The van der Waals surface area contributed by atoms with E-state index in [0.29, 0.717) is 47.3 Å². The van der Waals surface area contributed by atoms with E-state index >= 15 is 0 Å². The van der Waals surface area contributed by atoms with Gasteiger partial charge in [0.25, 0.3) is 0 Å². The molecule has 3 amide bonds. The SMILES string of the molecule is NC(=O)N1Cc2nc(-c3ccc(Cl)c(Cl)c3)n(-c3ccnc(NC4CCN(C(=O)C5CC5)C4)n3)c2C1. The van der Waals surface area contributed by atoms with Crippen LogP contribution in [0.15, 0.2) is 30.5 Å². The van der Waals surface area contributed by atoms with Crippen molar-refractivity contribution in [3.05, 3.63) is 51.9 Å². The molecule has 10 nitrogen and oxygen atoms in total. The van der Waals surface area contributed by atoms with E-state index in [9.17, 15) is 9.59 Å². The molecule has 1 saturated heterocycles. The topological polar surface area (TPSA) is 122 Å². The number of carbonyl (C=O) groups is 2. The first-order valence-corrected chi connectivity index (χ1v) is 12.6. The molecule has 36 heavy (non-hydrogen) atoms. The fourth-order valence-electron chi connectivity index (χ4n) is 4.83. The quantitative estimate of drug-likeness (QED) is 0.524. The van der Waals surface area contributed by atoms with Crippen molar-refractivity contribution in [2.24, 2.45) is 11.7 Å². The standard InChI is InChI=1S/C24H24Cl2N8O2/c25-16-4-3-14(9-17(16)26)21-30-18-11-33(23(27)36)12-19(18)34(21)20-5-7-28-24(31-20)29-15-6-8-32(10-15)22(35)13-1-2-13/h3-5,7,9,13,15H,1-2,6,8,10-12H2,(H2,27,36)(H,28,29,31). The molecule has 2 aliphatic heterocycles. The Labute approximate surface area is 217 Å². The molecule has 2 fully saturated rings. The maximum Gasteiger partial charge on any atom is 0.315 e. The van der Waals surface area contributed by atoms with Gasteiger partial charge >= 0.3 is 6.03 Å². The van der Waals surface area contributed by atoms with Crippen LogP contribution in [0.4, 0.5) is 10.7 Å². The second-order valence-corrected chi connectivity index (χ2v) is 10.2. The molecule has 3 N–H and O–H groups in total. The number of fused-ring (bicyclic) bond motifs is 1. The van der Waals surface area contributed by atoms with Crippen molar-refractivity contribution in [1.82, 2.24) is 29.3 Å². The number of halogens is 2. The zero-order chi connectivity index (χ0) is 25.0. The van der Waals surface area contributed by atoms with Crippen LogP contribution >= 0.6 is 23.2 Å². The first-order valence-electron chi connectivity index (χ1n) is 11.9. The normalized spacial score (nSPS) is 19.0. The first kappa shape index (κ1) is 23.1. The van der Waals surface area contributed by atoms with E-state index in [-0.39, 0.29) is 17.9 Å². The lowest BCUT2D eigenvalue weighted by Gasteiger charge is -2.18. The van der Waals surface area contributed by atoms with Gasteiger partial charge in [-0.1, -0.05) is 23.2 Å². The van der Waals surface area contributed by atoms with Crippen molar-refractivity contribution in [1.29, 1.82) is 0 Å². The number of urea groups is 1. The number of rotatable bonds is 5. The van der Waals surface area contributed by atoms with Gasteiger partial charge < -0.3 is 20.9 Å². The number of anilines is 1. The Bertz CT molecular complexity index is 1370. The third-order valence-electron chi connectivity index (χ3n) is 6.86. The minimum Gasteiger partial charge on any atom is -0.351 e. The summed E-state index contributed by atoms with van der Waals surface area (Å²) < 4.78 is 1.91. The molecular weight excluding hydrogens is 503 g/mol. The van der Waals surface area contributed by atoms with Crippen molar-refractivity contribution in [2.45, 2.75) is 38.4 Å². The Morgan fingerprint density at radius 1 is 1.03 bits per heavy atom. The molecule has 3 aromatic rings. The molecule has 1 atom stereocenters. The number of nitrogens with one attached hydrogen (secondary N) is 1. The average Bonchev–Trinajstić information content (AvgIpc) is 3.29. The van der Waals surface area contributed by atoms with E-state index in [1.165, 1.54) is 4.90 Å². The predicted octanol–water partition coefficient (Wildman–Crippen LogP) is 3.45. The highest BCUT2D eigenvalue weighted by Gasteiger charge is 2.37. The van der Waals surface area contributed by atoms with E-state index in [0.717, 1.165) is 42.8 Å². The highest BCUT2D eigenvalue weighted by Crippen LogP contribution is 2.35. The van der Waals surface area contributed by atoms with Crippen LogP contribution in [0.2, 0.25) is 10.0 Å². The van der Waals surface area contributed by atoms with Gasteiger partial charge in [0.05, 0.1) is 34.5 Å². The van der Waals surface area contributed by atoms with Gasteiger partial charge in [0, 0.05) is 36.8 Å². The number of aromatic nitrogens is 4. The van der Waals surface area contributed by atoms with Crippen molar-refractivity contribution in [3.63, 3.8) is 0 Å². The van der Waals surface area contributed by atoms with E-state index in [4.69, 9.17) is 38.9 Å². The Kier molecular flexibility index (Phi) is 5.72. The molecule has 1 saturated carbocycles. The van der Waals surface area contributed by atoms with Crippen LogP contribution in [-0.4, -0.2) is 60.4 Å². The van der Waals surface area contributed by atoms with Gasteiger partial charge in [-0.2, -0.15) is 4.98 Å². The number of carbonyl (C=O) groups excluding carboxylic acids is 2. The summed E-state index contributed by atoms with van der Waals surface area (Å²) in [4.78, 5) is 41.7. The van der Waals surface area contributed by atoms with Crippen LogP contribution < -0.4 is 11.1 Å². The first-order chi connectivity index (χ1) is 17.4. The third kappa shape index (κ3) is 4.24. The molecule has 6 rings (SSSR count). The number of nitrogens with two attached hydrogens (primary N) is 1. The Hall–Kier alpha value is -3.37. The largest absolute Gasteiger partial charge is 0.351 e. The summed E-state index contributed by atoms with van der Waals surface area (Å²) >= 11 is 12.4. The van der Waals surface area contributed by atoms with Crippen LogP contribution in [0.5, 0.6) is 0 Å². The second kappa shape index (κ2) is 8.94.